The van der Waals surface area contributed by atoms with Gasteiger partial charge in [0.25, 0.3) is 10.0 Å². The van der Waals surface area contributed by atoms with Crippen LogP contribution in [-0.2, 0) is 21.8 Å². The van der Waals surface area contributed by atoms with Crippen molar-refractivity contribution >= 4 is 10.0 Å². The topological polar surface area (TPSA) is 76.5 Å². The maximum Gasteiger partial charge on any atom is 0.262 e. The molecule has 0 radical (unpaired) electrons. The van der Waals surface area contributed by atoms with E-state index in [2.05, 4.69) is 29.4 Å². The number of aromatic nitrogens is 2. The molecule has 1 fully saturated rings. The molecule has 1 N–H and O–H groups in total. The van der Waals surface area contributed by atoms with Gasteiger partial charge >= 0.3 is 0 Å². The number of nitrogens with zero attached hydrogens (tertiary/aromatic N) is 3. The maximum absolute atomic E-state index is 13.0. The van der Waals surface area contributed by atoms with Crippen LogP contribution < -0.4 is 5.32 Å². The molecule has 1 aromatic heterocycles. The largest absolute Gasteiger partial charge is 0.380 e. The predicted molar refractivity (Wildman–Crippen MR) is 104 cm³/mol. The predicted octanol–water partition coefficient (Wildman–Crippen LogP) is 1.59. The Morgan fingerprint density at radius 1 is 1.22 bits per heavy atom. The number of sulfonamides is 1. The second kappa shape index (κ2) is 8.97. The van der Waals surface area contributed by atoms with Crippen LogP contribution in [0.25, 0.3) is 0 Å². The Bertz CT molecular complexity index is 822. The number of hydrogen-bond acceptors (Lipinski definition) is 5. The molecule has 2 heterocycles. The lowest BCUT2D eigenvalue weighted by Crippen LogP contribution is -2.38. The van der Waals surface area contributed by atoms with E-state index < -0.39 is 10.0 Å². The molecule has 148 valence electrons. The van der Waals surface area contributed by atoms with Gasteiger partial charge in [0.15, 0.2) is 5.03 Å². The molecule has 1 aliphatic rings. The van der Waals surface area contributed by atoms with Crippen LogP contribution in [0.5, 0.6) is 0 Å². The summed E-state index contributed by atoms with van der Waals surface area (Å²) in [5, 5.41) is 3.59. The summed E-state index contributed by atoms with van der Waals surface area (Å²) >= 11 is 0. The molecular weight excluding hydrogens is 364 g/mol. The Balaban J connectivity index is 1.74. The van der Waals surface area contributed by atoms with E-state index in [1.165, 1.54) is 10.6 Å². The van der Waals surface area contributed by atoms with Gasteiger partial charge in [-0.3, -0.25) is 0 Å². The Morgan fingerprint density at radius 2 is 2.00 bits per heavy atom. The molecule has 0 bridgehead atoms. The molecule has 0 amide bonds. The Labute approximate surface area is 161 Å². The van der Waals surface area contributed by atoms with Crippen molar-refractivity contribution in [1.29, 1.82) is 0 Å². The van der Waals surface area contributed by atoms with Gasteiger partial charge in [-0.1, -0.05) is 37.3 Å². The highest BCUT2D eigenvalue weighted by Gasteiger charge is 2.40. The monoisotopic (exact) mass is 392 g/mol. The second-order valence-electron chi connectivity index (χ2n) is 6.89. The van der Waals surface area contributed by atoms with Crippen LogP contribution in [-0.4, -0.2) is 61.2 Å². The lowest BCUT2D eigenvalue weighted by Gasteiger charge is -2.20. The summed E-state index contributed by atoms with van der Waals surface area (Å²) in [6.45, 7) is 5.01. The Morgan fingerprint density at radius 3 is 2.67 bits per heavy atom. The molecule has 8 heteroatoms. The molecule has 27 heavy (non-hydrogen) atoms. The van der Waals surface area contributed by atoms with Crippen molar-refractivity contribution in [2.45, 2.75) is 30.3 Å². The summed E-state index contributed by atoms with van der Waals surface area (Å²) in [7, 11) is -1.83. The van der Waals surface area contributed by atoms with E-state index in [4.69, 9.17) is 4.74 Å². The average Bonchev–Trinajstić information content (AvgIpc) is 3.29. The van der Waals surface area contributed by atoms with Crippen molar-refractivity contribution in [3.05, 3.63) is 48.4 Å². The number of ether oxygens (including phenoxy) is 1. The summed E-state index contributed by atoms with van der Waals surface area (Å²) in [4.78, 5) is 4.04. The van der Waals surface area contributed by atoms with E-state index in [0.29, 0.717) is 26.2 Å². The highest BCUT2D eigenvalue weighted by molar-refractivity contribution is 7.89. The zero-order valence-corrected chi connectivity index (χ0v) is 16.7. The minimum Gasteiger partial charge on any atom is -0.380 e. The summed E-state index contributed by atoms with van der Waals surface area (Å²) in [6.07, 6.45) is 4.05. The molecule has 1 aromatic carbocycles. The maximum atomic E-state index is 13.0. The first kappa shape index (κ1) is 20.0. The van der Waals surface area contributed by atoms with E-state index in [1.807, 2.05) is 18.2 Å². The van der Waals surface area contributed by atoms with Gasteiger partial charge in [0, 0.05) is 51.4 Å². The number of benzene rings is 1. The molecule has 1 saturated heterocycles. The third-order valence-corrected chi connectivity index (χ3v) is 6.52. The van der Waals surface area contributed by atoms with Crippen molar-refractivity contribution in [3.63, 3.8) is 0 Å². The van der Waals surface area contributed by atoms with Crippen LogP contribution in [0.2, 0.25) is 0 Å². The third kappa shape index (κ3) is 4.76. The molecular formula is C19H28N4O3S. The molecule has 7 nitrogen and oxygen atoms in total. The van der Waals surface area contributed by atoms with E-state index in [9.17, 15) is 8.42 Å². The zero-order valence-electron chi connectivity index (χ0n) is 15.9. The van der Waals surface area contributed by atoms with E-state index in [-0.39, 0.29) is 17.0 Å². The van der Waals surface area contributed by atoms with Gasteiger partial charge in [0.1, 0.15) is 0 Å². The molecule has 0 aliphatic carbocycles. The number of nitrogens with one attached hydrogen (secondary N) is 1. The standard InChI is InChI=1S/C19H28N4O3S/c1-3-10-26-11-9-20-18-13-23(12-17(18)16-7-5-4-6-8-16)27(24,25)19-14-22(2)15-21-19/h4-8,14-15,17-18,20H,3,9-13H2,1-2H3. The first-order valence-electron chi connectivity index (χ1n) is 9.36. The molecule has 3 rings (SSSR count). The number of hydrogen-bond donors (Lipinski definition) is 1. The van der Waals surface area contributed by atoms with Crippen LogP contribution in [0.1, 0.15) is 24.8 Å². The summed E-state index contributed by atoms with van der Waals surface area (Å²) in [5.41, 5.74) is 1.14. The van der Waals surface area contributed by atoms with Crippen molar-refractivity contribution in [2.24, 2.45) is 7.05 Å². The third-order valence-electron chi connectivity index (χ3n) is 4.80. The zero-order chi connectivity index (χ0) is 19.3. The van der Waals surface area contributed by atoms with Crippen molar-refractivity contribution in [3.8, 4) is 0 Å². The van der Waals surface area contributed by atoms with Gasteiger partial charge in [-0.25, -0.2) is 13.4 Å². The Hall–Kier alpha value is -1.74. The SMILES string of the molecule is CCCOCCNC1CN(S(=O)(=O)c2cn(C)cn2)CC1c1ccccc1. The summed E-state index contributed by atoms with van der Waals surface area (Å²) < 4.78 is 34.7. The number of imidazole rings is 1. The lowest BCUT2D eigenvalue weighted by molar-refractivity contribution is 0.134. The smallest absolute Gasteiger partial charge is 0.262 e. The van der Waals surface area contributed by atoms with Gasteiger partial charge < -0.3 is 14.6 Å². The molecule has 0 saturated carbocycles. The second-order valence-corrected chi connectivity index (χ2v) is 8.77. The van der Waals surface area contributed by atoms with Crippen molar-refractivity contribution < 1.29 is 13.2 Å². The fourth-order valence-corrected chi connectivity index (χ4v) is 4.88. The van der Waals surface area contributed by atoms with Crippen molar-refractivity contribution in [1.82, 2.24) is 19.2 Å². The highest BCUT2D eigenvalue weighted by atomic mass is 32.2. The fourth-order valence-electron chi connectivity index (χ4n) is 3.43. The molecule has 2 unspecified atom stereocenters. The normalized spacial score (nSPS) is 21.0. The first-order chi connectivity index (χ1) is 13.0. The molecule has 0 spiro atoms. The van der Waals surface area contributed by atoms with Gasteiger partial charge in [-0.05, 0) is 12.0 Å². The van der Waals surface area contributed by atoms with Crippen LogP contribution in [0.15, 0.2) is 47.9 Å². The van der Waals surface area contributed by atoms with Crippen molar-refractivity contribution in [2.75, 3.05) is 32.8 Å². The number of aryl methyl sites for hydroxylation is 1. The molecule has 2 aromatic rings. The average molecular weight is 393 g/mol. The van der Waals surface area contributed by atoms with Gasteiger partial charge in [-0.2, -0.15) is 4.31 Å². The van der Waals surface area contributed by atoms with Gasteiger partial charge in [0.2, 0.25) is 0 Å². The molecule has 1 aliphatic heterocycles. The summed E-state index contributed by atoms with van der Waals surface area (Å²) in [6, 6.07) is 10.1. The first-order valence-corrected chi connectivity index (χ1v) is 10.8. The minimum atomic E-state index is -3.60. The van der Waals surface area contributed by atoms with Crippen LogP contribution in [0, 0.1) is 0 Å². The fraction of sp³-hybridized carbons (Fsp3) is 0.526. The van der Waals surface area contributed by atoms with E-state index in [1.54, 1.807) is 17.8 Å². The quantitative estimate of drug-likeness (QED) is 0.656. The molecule has 2 atom stereocenters. The van der Waals surface area contributed by atoms with Gasteiger partial charge in [-0.15, -0.1) is 0 Å². The van der Waals surface area contributed by atoms with Crippen LogP contribution >= 0.6 is 0 Å². The lowest BCUT2D eigenvalue weighted by atomic mass is 9.94. The van der Waals surface area contributed by atoms with Crippen LogP contribution in [0.4, 0.5) is 0 Å². The van der Waals surface area contributed by atoms with Crippen LogP contribution in [0.3, 0.4) is 0 Å². The van der Waals surface area contributed by atoms with Gasteiger partial charge in [0.05, 0.1) is 12.9 Å². The minimum absolute atomic E-state index is 0.0381. The number of rotatable bonds is 9. The summed E-state index contributed by atoms with van der Waals surface area (Å²) in [5.74, 6) is 0.0934. The Kier molecular flexibility index (Phi) is 6.64. The highest BCUT2D eigenvalue weighted by Crippen LogP contribution is 2.31. The van der Waals surface area contributed by atoms with E-state index >= 15 is 0 Å². The van der Waals surface area contributed by atoms with E-state index in [0.717, 1.165) is 18.6 Å².